The van der Waals surface area contributed by atoms with E-state index in [2.05, 4.69) is 34.3 Å². The Labute approximate surface area is 107 Å². The first kappa shape index (κ1) is 11.9. The Balaban J connectivity index is 1.67. The molecule has 1 saturated heterocycles. The van der Waals surface area contributed by atoms with Crippen LogP contribution >= 0.6 is 0 Å². The largest absolute Gasteiger partial charge is 0.407 e. The maximum absolute atomic E-state index is 5.72. The SMILES string of the molecule is CC1(C)COCCN1c1nnc(CNC2CC2)o1. The molecule has 0 spiro atoms. The summed E-state index contributed by atoms with van der Waals surface area (Å²) in [5, 5.41) is 11.6. The Kier molecular flexibility index (Phi) is 2.99. The van der Waals surface area contributed by atoms with Crippen LogP contribution in [0.2, 0.25) is 0 Å². The number of nitrogens with one attached hydrogen (secondary N) is 1. The zero-order valence-electron chi connectivity index (χ0n) is 11.0. The van der Waals surface area contributed by atoms with E-state index in [1.807, 2.05) is 0 Å². The second-order valence-corrected chi connectivity index (χ2v) is 5.65. The number of nitrogens with zero attached hydrogens (tertiary/aromatic N) is 3. The first-order valence-electron chi connectivity index (χ1n) is 6.56. The van der Waals surface area contributed by atoms with Gasteiger partial charge in [-0.1, -0.05) is 5.10 Å². The predicted octanol–water partition coefficient (Wildman–Crippen LogP) is 0.937. The topological polar surface area (TPSA) is 63.4 Å². The van der Waals surface area contributed by atoms with Crippen LogP contribution in [0.5, 0.6) is 0 Å². The second kappa shape index (κ2) is 4.51. The lowest BCUT2D eigenvalue weighted by atomic mass is 10.0. The summed E-state index contributed by atoms with van der Waals surface area (Å²) in [5.41, 5.74) is -0.0913. The van der Waals surface area contributed by atoms with Gasteiger partial charge in [-0.2, -0.15) is 0 Å². The maximum Gasteiger partial charge on any atom is 0.318 e. The van der Waals surface area contributed by atoms with E-state index >= 15 is 0 Å². The van der Waals surface area contributed by atoms with Crippen molar-refractivity contribution in [2.45, 2.75) is 44.8 Å². The standard InChI is InChI=1S/C12H20N4O2/c1-12(2)8-17-6-5-16(12)11-15-14-10(18-11)7-13-9-3-4-9/h9,13H,3-8H2,1-2H3. The highest BCUT2D eigenvalue weighted by Crippen LogP contribution is 2.26. The van der Waals surface area contributed by atoms with Crippen molar-refractivity contribution in [2.75, 3.05) is 24.7 Å². The van der Waals surface area contributed by atoms with Crippen LogP contribution in [0, 0.1) is 0 Å². The fourth-order valence-electron chi connectivity index (χ4n) is 2.16. The molecular weight excluding hydrogens is 232 g/mol. The van der Waals surface area contributed by atoms with Crippen LogP contribution in [0.25, 0.3) is 0 Å². The molecule has 1 aromatic heterocycles. The minimum Gasteiger partial charge on any atom is -0.407 e. The Morgan fingerprint density at radius 1 is 1.39 bits per heavy atom. The van der Waals surface area contributed by atoms with Gasteiger partial charge in [0.2, 0.25) is 5.89 Å². The molecule has 1 aromatic rings. The van der Waals surface area contributed by atoms with E-state index in [1.165, 1.54) is 12.8 Å². The van der Waals surface area contributed by atoms with Crippen LogP contribution in [0.15, 0.2) is 4.42 Å². The van der Waals surface area contributed by atoms with Crippen LogP contribution in [0.3, 0.4) is 0 Å². The highest BCUT2D eigenvalue weighted by molar-refractivity contribution is 5.30. The van der Waals surface area contributed by atoms with E-state index < -0.39 is 0 Å². The van der Waals surface area contributed by atoms with Gasteiger partial charge >= 0.3 is 6.01 Å². The summed E-state index contributed by atoms with van der Waals surface area (Å²) in [6.07, 6.45) is 2.52. The van der Waals surface area contributed by atoms with Gasteiger partial charge in [0.15, 0.2) is 0 Å². The summed E-state index contributed by atoms with van der Waals surface area (Å²) < 4.78 is 11.2. The van der Waals surface area contributed by atoms with Gasteiger partial charge in [-0.25, -0.2) is 0 Å². The van der Waals surface area contributed by atoms with E-state index in [0.717, 1.165) is 6.54 Å². The molecule has 18 heavy (non-hydrogen) atoms. The monoisotopic (exact) mass is 252 g/mol. The third kappa shape index (κ3) is 2.49. The lowest BCUT2D eigenvalue weighted by Crippen LogP contribution is -2.53. The molecule has 6 nitrogen and oxygen atoms in total. The molecular formula is C12H20N4O2. The number of hydrogen-bond donors (Lipinski definition) is 1. The third-order valence-corrected chi connectivity index (χ3v) is 3.45. The van der Waals surface area contributed by atoms with Gasteiger partial charge in [-0.05, 0) is 26.7 Å². The molecule has 2 fully saturated rings. The number of morpholine rings is 1. The minimum atomic E-state index is -0.0913. The van der Waals surface area contributed by atoms with E-state index in [-0.39, 0.29) is 5.54 Å². The molecule has 0 aromatic carbocycles. The molecule has 0 bridgehead atoms. The van der Waals surface area contributed by atoms with Crippen molar-refractivity contribution in [2.24, 2.45) is 0 Å². The van der Waals surface area contributed by atoms with Crippen molar-refractivity contribution in [3.63, 3.8) is 0 Å². The fourth-order valence-corrected chi connectivity index (χ4v) is 2.16. The Hall–Kier alpha value is -1.14. The molecule has 0 atom stereocenters. The molecule has 3 rings (SSSR count). The Morgan fingerprint density at radius 2 is 2.22 bits per heavy atom. The van der Waals surface area contributed by atoms with Crippen LogP contribution in [-0.2, 0) is 11.3 Å². The van der Waals surface area contributed by atoms with Gasteiger partial charge in [0.1, 0.15) is 0 Å². The fraction of sp³-hybridized carbons (Fsp3) is 0.833. The summed E-state index contributed by atoms with van der Waals surface area (Å²) in [5.74, 6) is 0.666. The van der Waals surface area contributed by atoms with Crippen LogP contribution in [0.4, 0.5) is 6.01 Å². The van der Waals surface area contributed by atoms with E-state index in [9.17, 15) is 0 Å². The van der Waals surface area contributed by atoms with Crippen molar-refractivity contribution in [3.05, 3.63) is 5.89 Å². The van der Waals surface area contributed by atoms with E-state index in [4.69, 9.17) is 9.15 Å². The molecule has 2 heterocycles. The molecule has 1 aliphatic heterocycles. The number of hydrogen-bond acceptors (Lipinski definition) is 6. The maximum atomic E-state index is 5.72. The van der Waals surface area contributed by atoms with Gasteiger partial charge in [-0.15, -0.1) is 5.10 Å². The first-order valence-corrected chi connectivity index (χ1v) is 6.56. The molecule has 6 heteroatoms. The van der Waals surface area contributed by atoms with Crippen molar-refractivity contribution in [1.82, 2.24) is 15.5 Å². The van der Waals surface area contributed by atoms with Gasteiger partial charge in [0.05, 0.1) is 25.3 Å². The average molecular weight is 252 g/mol. The zero-order valence-corrected chi connectivity index (χ0v) is 11.0. The molecule has 0 amide bonds. The first-order chi connectivity index (χ1) is 8.65. The van der Waals surface area contributed by atoms with E-state index in [1.54, 1.807) is 0 Å². The summed E-state index contributed by atoms with van der Waals surface area (Å²) in [7, 11) is 0. The quantitative estimate of drug-likeness (QED) is 0.860. The number of aromatic nitrogens is 2. The van der Waals surface area contributed by atoms with Gasteiger partial charge in [-0.3, -0.25) is 0 Å². The molecule has 1 saturated carbocycles. The van der Waals surface area contributed by atoms with Gasteiger partial charge in [0.25, 0.3) is 0 Å². The lowest BCUT2D eigenvalue weighted by molar-refractivity contribution is 0.0610. The van der Waals surface area contributed by atoms with Crippen LogP contribution in [0.1, 0.15) is 32.6 Å². The molecule has 1 N–H and O–H groups in total. The highest BCUT2D eigenvalue weighted by Gasteiger charge is 2.34. The van der Waals surface area contributed by atoms with Crippen molar-refractivity contribution < 1.29 is 9.15 Å². The molecule has 0 radical (unpaired) electrons. The molecule has 100 valence electrons. The van der Waals surface area contributed by atoms with Gasteiger partial charge in [0, 0.05) is 12.6 Å². The highest BCUT2D eigenvalue weighted by atomic mass is 16.5. The van der Waals surface area contributed by atoms with Gasteiger partial charge < -0.3 is 19.4 Å². The van der Waals surface area contributed by atoms with Crippen molar-refractivity contribution in [1.29, 1.82) is 0 Å². The summed E-state index contributed by atoms with van der Waals surface area (Å²) >= 11 is 0. The molecule has 0 unspecified atom stereocenters. The normalized spacial score (nSPS) is 23.3. The number of rotatable bonds is 4. The van der Waals surface area contributed by atoms with Crippen LogP contribution < -0.4 is 10.2 Å². The molecule has 1 aliphatic carbocycles. The third-order valence-electron chi connectivity index (χ3n) is 3.45. The Bertz CT molecular complexity index is 414. The smallest absolute Gasteiger partial charge is 0.318 e. The average Bonchev–Trinajstić information content (AvgIpc) is 3.05. The summed E-state index contributed by atoms with van der Waals surface area (Å²) in [6, 6.07) is 1.26. The van der Waals surface area contributed by atoms with E-state index in [0.29, 0.717) is 37.7 Å². The number of ether oxygens (including phenoxy) is 1. The predicted molar refractivity (Wildman–Crippen MR) is 66.4 cm³/mol. The molecule has 2 aliphatic rings. The zero-order chi connectivity index (χ0) is 12.6. The summed E-state index contributed by atoms with van der Waals surface area (Å²) in [6.45, 7) is 7.11. The van der Waals surface area contributed by atoms with Crippen molar-refractivity contribution >= 4 is 6.01 Å². The van der Waals surface area contributed by atoms with Crippen LogP contribution in [-0.4, -0.2) is 41.5 Å². The lowest BCUT2D eigenvalue weighted by Gasteiger charge is -2.40. The second-order valence-electron chi connectivity index (χ2n) is 5.65. The Morgan fingerprint density at radius 3 is 2.94 bits per heavy atom. The van der Waals surface area contributed by atoms with Crippen molar-refractivity contribution in [3.8, 4) is 0 Å². The summed E-state index contributed by atoms with van der Waals surface area (Å²) in [4.78, 5) is 2.13. The number of anilines is 1. The minimum absolute atomic E-state index is 0.0913.